The minimum atomic E-state index is -0.00580. The number of para-hydroxylation sites is 1. The number of aromatic nitrogens is 2. The normalized spacial score (nSPS) is 15.8. The highest BCUT2D eigenvalue weighted by Gasteiger charge is 2.29. The average molecular weight is 399 g/mol. The van der Waals surface area contributed by atoms with Gasteiger partial charge in [0.15, 0.2) is 0 Å². The molecule has 1 N–H and O–H groups in total. The van der Waals surface area contributed by atoms with Crippen molar-refractivity contribution < 1.29 is 9.21 Å². The van der Waals surface area contributed by atoms with Gasteiger partial charge in [0.1, 0.15) is 11.5 Å². The van der Waals surface area contributed by atoms with Gasteiger partial charge in [-0.15, -0.1) is 0 Å². The van der Waals surface area contributed by atoms with Crippen molar-refractivity contribution in [3.8, 4) is 0 Å². The van der Waals surface area contributed by atoms with E-state index in [1.165, 1.54) is 27.7 Å². The van der Waals surface area contributed by atoms with Crippen LogP contribution in [0.4, 0.5) is 0 Å². The van der Waals surface area contributed by atoms with E-state index in [1.807, 2.05) is 31.5 Å². The monoisotopic (exact) mass is 399 g/mol. The van der Waals surface area contributed by atoms with Gasteiger partial charge in [0.2, 0.25) is 5.91 Å². The van der Waals surface area contributed by atoms with Crippen LogP contribution in [0, 0.1) is 12.8 Å². The number of nitrogens with one attached hydrogen (secondary N) is 1. The van der Waals surface area contributed by atoms with Crippen LogP contribution in [0.3, 0.4) is 0 Å². The maximum Gasteiger partial charge on any atom is 0.223 e. The fraction of sp³-hybridized carbons (Fsp3) is 0.280. The second kappa shape index (κ2) is 7.82. The first-order valence-corrected chi connectivity index (χ1v) is 10.5. The van der Waals surface area contributed by atoms with Gasteiger partial charge in [-0.3, -0.25) is 9.78 Å². The molecule has 30 heavy (non-hydrogen) atoms. The first kappa shape index (κ1) is 18.7. The van der Waals surface area contributed by atoms with E-state index in [-0.39, 0.29) is 11.8 Å². The van der Waals surface area contributed by atoms with Crippen LogP contribution < -0.4 is 5.32 Å². The number of fused-ring (bicyclic) bond motifs is 3. The maximum atomic E-state index is 12.9. The molecule has 3 heterocycles. The summed E-state index contributed by atoms with van der Waals surface area (Å²) in [5, 5.41) is 4.33. The van der Waals surface area contributed by atoms with Gasteiger partial charge in [0.05, 0.1) is 6.54 Å². The lowest BCUT2D eigenvalue weighted by Gasteiger charge is -2.23. The molecule has 0 aliphatic heterocycles. The van der Waals surface area contributed by atoms with Crippen LogP contribution in [0.15, 0.2) is 65.3 Å². The fourth-order valence-corrected chi connectivity index (χ4v) is 4.57. The zero-order valence-corrected chi connectivity index (χ0v) is 17.1. The number of hydrogen-bond acceptors (Lipinski definition) is 3. The van der Waals surface area contributed by atoms with E-state index < -0.39 is 0 Å². The molecule has 5 heteroatoms. The molecule has 1 unspecified atom stereocenters. The number of pyridine rings is 1. The molecule has 4 aromatic rings. The number of benzene rings is 1. The highest BCUT2D eigenvalue weighted by Crippen LogP contribution is 2.35. The van der Waals surface area contributed by atoms with E-state index in [0.29, 0.717) is 6.54 Å². The molecule has 1 aliphatic rings. The second-order valence-corrected chi connectivity index (χ2v) is 8.05. The Balaban J connectivity index is 1.39. The van der Waals surface area contributed by atoms with Crippen molar-refractivity contribution in [1.29, 1.82) is 0 Å². The Morgan fingerprint density at radius 3 is 2.80 bits per heavy atom. The Hall–Kier alpha value is -3.34. The third-order valence-electron chi connectivity index (χ3n) is 6.07. The van der Waals surface area contributed by atoms with Gasteiger partial charge in [0, 0.05) is 41.5 Å². The summed E-state index contributed by atoms with van der Waals surface area (Å²) in [7, 11) is 0. The van der Waals surface area contributed by atoms with Gasteiger partial charge in [0.25, 0.3) is 0 Å². The molecule has 1 amide bonds. The van der Waals surface area contributed by atoms with Gasteiger partial charge in [-0.25, -0.2) is 0 Å². The number of carbonyl (C=O) groups is 1. The predicted octanol–water partition coefficient (Wildman–Crippen LogP) is 4.41. The van der Waals surface area contributed by atoms with Gasteiger partial charge in [-0.2, -0.15) is 0 Å². The van der Waals surface area contributed by atoms with Crippen molar-refractivity contribution in [3.63, 3.8) is 0 Å². The molecule has 152 valence electrons. The Bertz CT molecular complexity index is 1190. The molecule has 0 saturated heterocycles. The summed E-state index contributed by atoms with van der Waals surface area (Å²) >= 11 is 0. The van der Waals surface area contributed by atoms with Crippen molar-refractivity contribution in [2.75, 3.05) is 0 Å². The Morgan fingerprint density at radius 1 is 1.17 bits per heavy atom. The highest BCUT2D eigenvalue weighted by atomic mass is 16.3. The summed E-state index contributed by atoms with van der Waals surface area (Å²) in [6.07, 6.45) is 6.24. The molecule has 3 aromatic heterocycles. The standard InChI is InChI=1S/C25H25N3O2/c1-17-6-8-20(30-17)15-27-25(29)19-7-9-24-22(14-19)21-4-2-3-5-23(21)28(24)16-18-10-12-26-13-11-18/h2-6,8,10-13,19H,7,9,14-16H2,1H3,(H,27,29). The molecular weight excluding hydrogens is 374 g/mol. The number of aryl methyl sites for hydroxylation is 1. The molecule has 1 aliphatic carbocycles. The number of carbonyl (C=O) groups excluding carboxylic acids is 1. The van der Waals surface area contributed by atoms with E-state index in [0.717, 1.165) is 37.3 Å². The number of hydrogen-bond donors (Lipinski definition) is 1. The average Bonchev–Trinajstić information content (AvgIpc) is 3.34. The van der Waals surface area contributed by atoms with Gasteiger partial charge >= 0.3 is 0 Å². The molecule has 0 saturated carbocycles. The number of rotatable bonds is 5. The van der Waals surface area contributed by atoms with Crippen LogP contribution in [-0.4, -0.2) is 15.5 Å². The van der Waals surface area contributed by atoms with Gasteiger partial charge in [-0.05, 0) is 67.6 Å². The van der Waals surface area contributed by atoms with Crippen LogP contribution in [0.1, 0.15) is 34.8 Å². The summed E-state index contributed by atoms with van der Waals surface area (Å²) in [5.74, 6) is 1.77. The Kier molecular flexibility index (Phi) is 4.87. The van der Waals surface area contributed by atoms with Gasteiger partial charge in [-0.1, -0.05) is 18.2 Å². The van der Waals surface area contributed by atoms with Gasteiger partial charge < -0.3 is 14.3 Å². The molecule has 0 spiro atoms. The Morgan fingerprint density at radius 2 is 2.00 bits per heavy atom. The van der Waals surface area contributed by atoms with Crippen LogP contribution >= 0.6 is 0 Å². The summed E-state index contributed by atoms with van der Waals surface area (Å²) in [5.41, 5.74) is 5.16. The minimum absolute atomic E-state index is 0.00580. The van der Waals surface area contributed by atoms with E-state index in [2.05, 4.69) is 51.3 Å². The van der Waals surface area contributed by atoms with Crippen LogP contribution in [-0.2, 0) is 30.7 Å². The second-order valence-electron chi connectivity index (χ2n) is 8.05. The lowest BCUT2D eigenvalue weighted by atomic mass is 9.85. The molecule has 1 aromatic carbocycles. The molecule has 5 rings (SSSR count). The number of amides is 1. The largest absolute Gasteiger partial charge is 0.465 e. The zero-order valence-electron chi connectivity index (χ0n) is 17.1. The number of furan rings is 1. The quantitative estimate of drug-likeness (QED) is 0.541. The molecule has 0 bridgehead atoms. The first-order valence-electron chi connectivity index (χ1n) is 10.5. The van der Waals surface area contributed by atoms with Crippen LogP contribution in [0.2, 0.25) is 0 Å². The summed E-state index contributed by atoms with van der Waals surface area (Å²) < 4.78 is 7.99. The Labute approximate surface area is 175 Å². The number of nitrogens with zero attached hydrogens (tertiary/aromatic N) is 2. The first-order chi connectivity index (χ1) is 14.7. The summed E-state index contributed by atoms with van der Waals surface area (Å²) in [6, 6.07) is 16.5. The van der Waals surface area contributed by atoms with E-state index in [4.69, 9.17) is 4.42 Å². The fourth-order valence-electron chi connectivity index (χ4n) is 4.57. The lowest BCUT2D eigenvalue weighted by Crippen LogP contribution is -2.33. The van der Waals surface area contributed by atoms with E-state index in [9.17, 15) is 4.79 Å². The molecule has 0 fully saturated rings. The van der Waals surface area contributed by atoms with Crippen molar-refractivity contribution >= 4 is 16.8 Å². The van der Waals surface area contributed by atoms with Crippen molar-refractivity contribution in [2.24, 2.45) is 5.92 Å². The van der Waals surface area contributed by atoms with Crippen molar-refractivity contribution in [3.05, 3.63) is 89.3 Å². The van der Waals surface area contributed by atoms with Crippen molar-refractivity contribution in [2.45, 2.75) is 39.3 Å². The van der Waals surface area contributed by atoms with E-state index in [1.54, 1.807) is 0 Å². The third-order valence-corrected chi connectivity index (χ3v) is 6.07. The van der Waals surface area contributed by atoms with Crippen molar-refractivity contribution in [1.82, 2.24) is 14.9 Å². The maximum absolute atomic E-state index is 12.9. The molecule has 5 nitrogen and oxygen atoms in total. The van der Waals surface area contributed by atoms with Crippen LogP contribution in [0.5, 0.6) is 0 Å². The van der Waals surface area contributed by atoms with Crippen LogP contribution in [0.25, 0.3) is 10.9 Å². The summed E-state index contributed by atoms with van der Waals surface area (Å²) in [6.45, 7) is 3.18. The SMILES string of the molecule is Cc1ccc(CNC(=O)C2CCc3c(c4ccccc4n3Cc3ccncc3)C2)o1. The predicted molar refractivity (Wildman–Crippen MR) is 116 cm³/mol. The minimum Gasteiger partial charge on any atom is -0.465 e. The molecular formula is C25H25N3O2. The third kappa shape index (κ3) is 3.52. The topological polar surface area (TPSA) is 60.1 Å². The zero-order chi connectivity index (χ0) is 20.5. The highest BCUT2D eigenvalue weighted by molar-refractivity contribution is 5.87. The smallest absolute Gasteiger partial charge is 0.223 e. The molecule has 0 radical (unpaired) electrons. The molecule has 1 atom stereocenters. The summed E-state index contributed by atoms with van der Waals surface area (Å²) in [4.78, 5) is 17.0. The van der Waals surface area contributed by atoms with E-state index >= 15 is 0 Å². The lowest BCUT2D eigenvalue weighted by molar-refractivity contribution is -0.125.